The molecule has 6 heteroatoms. The van der Waals surface area contributed by atoms with Gasteiger partial charge in [0.2, 0.25) is 5.88 Å². The summed E-state index contributed by atoms with van der Waals surface area (Å²) in [7, 11) is 1.61. The van der Waals surface area contributed by atoms with Gasteiger partial charge in [-0.25, -0.2) is 4.98 Å². The molecule has 2 saturated heterocycles. The first-order valence-electron chi connectivity index (χ1n) is 10.1. The monoisotopic (exact) mass is 358 g/mol. The van der Waals surface area contributed by atoms with Crippen LogP contribution in [0.15, 0.2) is 6.07 Å². The van der Waals surface area contributed by atoms with Crippen LogP contribution >= 0.6 is 0 Å². The van der Waals surface area contributed by atoms with Crippen LogP contribution in [0.1, 0.15) is 54.2 Å². The molecule has 0 spiro atoms. The highest BCUT2D eigenvalue weighted by atomic mass is 16.5. The Balaban J connectivity index is 1.53. The standard InChI is InChI=1S/C20H30N4O2/c1-3-13-11-21-23-18(13)15-7-5-9-24(12-15)20(25)16-10-14-6-4-8-17(14)22-19(16)26-2/h10,13,15,18,21,23H,3-9,11-12H2,1-2H3. The molecule has 3 heterocycles. The fourth-order valence-electron chi connectivity index (χ4n) is 4.87. The van der Waals surface area contributed by atoms with Crippen molar-refractivity contribution in [3.05, 3.63) is 22.9 Å². The Morgan fingerprint density at radius 3 is 3.08 bits per heavy atom. The molecule has 2 aliphatic heterocycles. The molecule has 0 bridgehead atoms. The number of aryl methyl sites for hydroxylation is 2. The molecule has 3 aliphatic rings. The molecule has 1 aromatic heterocycles. The number of hydrogen-bond donors (Lipinski definition) is 2. The molecule has 3 atom stereocenters. The Bertz CT molecular complexity index is 678. The van der Waals surface area contributed by atoms with Crippen LogP contribution in [0.4, 0.5) is 0 Å². The van der Waals surface area contributed by atoms with Crippen LogP contribution in [-0.4, -0.2) is 48.6 Å². The summed E-state index contributed by atoms with van der Waals surface area (Å²) in [5.41, 5.74) is 9.72. The van der Waals surface area contributed by atoms with Crippen molar-refractivity contribution in [2.24, 2.45) is 11.8 Å². The highest BCUT2D eigenvalue weighted by Gasteiger charge is 2.36. The third-order valence-electron chi connectivity index (χ3n) is 6.36. The van der Waals surface area contributed by atoms with Crippen molar-refractivity contribution in [2.75, 3.05) is 26.7 Å². The number of ether oxygens (including phenoxy) is 1. The number of hydrogen-bond acceptors (Lipinski definition) is 5. The van der Waals surface area contributed by atoms with Gasteiger partial charge < -0.3 is 9.64 Å². The number of nitrogens with zero attached hydrogens (tertiary/aromatic N) is 2. The lowest BCUT2D eigenvalue weighted by molar-refractivity contribution is 0.0630. The number of piperidine rings is 1. The molecule has 1 aliphatic carbocycles. The fraction of sp³-hybridized carbons (Fsp3) is 0.700. The Morgan fingerprint density at radius 1 is 1.38 bits per heavy atom. The van der Waals surface area contributed by atoms with E-state index in [-0.39, 0.29) is 5.91 Å². The smallest absolute Gasteiger partial charge is 0.259 e. The minimum Gasteiger partial charge on any atom is -0.480 e. The fourth-order valence-corrected chi connectivity index (χ4v) is 4.87. The number of amides is 1. The summed E-state index contributed by atoms with van der Waals surface area (Å²) < 4.78 is 5.46. The molecule has 0 aromatic carbocycles. The predicted molar refractivity (Wildman–Crippen MR) is 100 cm³/mol. The molecule has 142 valence electrons. The van der Waals surface area contributed by atoms with E-state index >= 15 is 0 Å². The minimum atomic E-state index is 0.0766. The van der Waals surface area contributed by atoms with E-state index in [0.29, 0.717) is 29.3 Å². The molecular formula is C20H30N4O2. The van der Waals surface area contributed by atoms with Crippen LogP contribution in [0.5, 0.6) is 5.88 Å². The lowest BCUT2D eigenvalue weighted by Crippen LogP contribution is -2.48. The second kappa shape index (κ2) is 7.53. The highest BCUT2D eigenvalue weighted by Crippen LogP contribution is 2.31. The van der Waals surface area contributed by atoms with Gasteiger partial charge in [0.05, 0.1) is 7.11 Å². The van der Waals surface area contributed by atoms with Gasteiger partial charge in [-0.1, -0.05) is 13.3 Å². The van der Waals surface area contributed by atoms with Gasteiger partial charge in [-0.2, -0.15) is 0 Å². The molecule has 2 fully saturated rings. The van der Waals surface area contributed by atoms with Gasteiger partial charge in [-0.05, 0) is 55.6 Å². The number of pyridine rings is 1. The van der Waals surface area contributed by atoms with E-state index < -0.39 is 0 Å². The molecular weight excluding hydrogens is 328 g/mol. The summed E-state index contributed by atoms with van der Waals surface area (Å²) in [6.07, 6.45) is 6.53. The van der Waals surface area contributed by atoms with Crippen LogP contribution < -0.4 is 15.6 Å². The number of likely N-dealkylation sites (tertiary alicyclic amines) is 1. The van der Waals surface area contributed by atoms with Crippen molar-refractivity contribution >= 4 is 5.91 Å². The molecule has 3 unspecified atom stereocenters. The molecule has 2 N–H and O–H groups in total. The second-order valence-corrected chi connectivity index (χ2v) is 7.88. The zero-order valence-electron chi connectivity index (χ0n) is 15.9. The van der Waals surface area contributed by atoms with E-state index in [4.69, 9.17) is 4.74 Å². The van der Waals surface area contributed by atoms with Crippen molar-refractivity contribution in [3.63, 3.8) is 0 Å². The SMILES string of the molecule is CCC1CNNC1C1CCCN(C(=O)c2cc3c(nc2OC)CCC3)C1. The maximum Gasteiger partial charge on any atom is 0.259 e. The summed E-state index contributed by atoms with van der Waals surface area (Å²) >= 11 is 0. The van der Waals surface area contributed by atoms with Gasteiger partial charge >= 0.3 is 0 Å². The Kier molecular flexibility index (Phi) is 5.14. The van der Waals surface area contributed by atoms with E-state index in [9.17, 15) is 4.79 Å². The lowest BCUT2D eigenvalue weighted by Gasteiger charge is -2.37. The van der Waals surface area contributed by atoms with Crippen LogP contribution in [0.25, 0.3) is 0 Å². The predicted octanol–water partition coefficient (Wildman–Crippen LogP) is 1.93. The topological polar surface area (TPSA) is 66.5 Å². The minimum absolute atomic E-state index is 0.0766. The molecule has 0 radical (unpaired) electrons. The number of carbonyl (C=O) groups excluding carboxylic acids is 1. The third kappa shape index (κ3) is 3.21. The maximum absolute atomic E-state index is 13.3. The van der Waals surface area contributed by atoms with E-state index in [1.165, 1.54) is 12.0 Å². The van der Waals surface area contributed by atoms with Crippen molar-refractivity contribution in [2.45, 2.75) is 51.5 Å². The normalized spacial score (nSPS) is 28.2. The van der Waals surface area contributed by atoms with Gasteiger partial charge in [0, 0.05) is 31.4 Å². The van der Waals surface area contributed by atoms with E-state index in [2.05, 4.69) is 22.8 Å². The highest BCUT2D eigenvalue weighted by molar-refractivity contribution is 5.96. The molecule has 1 aromatic rings. The number of carbonyl (C=O) groups is 1. The van der Waals surface area contributed by atoms with Gasteiger partial charge in [-0.15, -0.1) is 0 Å². The van der Waals surface area contributed by atoms with Gasteiger partial charge in [-0.3, -0.25) is 15.6 Å². The number of fused-ring (bicyclic) bond motifs is 1. The van der Waals surface area contributed by atoms with Crippen molar-refractivity contribution < 1.29 is 9.53 Å². The largest absolute Gasteiger partial charge is 0.480 e. The van der Waals surface area contributed by atoms with Crippen molar-refractivity contribution in [1.29, 1.82) is 0 Å². The number of hydrazine groups is 1. The van der Waals surface area contributed by atoms with Crippen LogP contribution in [0.2, 0.25) is 0 Å². The average Bonchev–Trinajstić information content (AvgIpc) is 3.34. The first-order valence-corrected chi connectivity index (χ1v) is 10.1. The van der Waals surface area contributed by atoms with E-state index in [1.54, 1.807) is 7.11 Å². The van der Waals surface area contributed by atoms with Gasteiger partial charge in [0.1, 0.15) is 5.56 Å². The maximum atomic E-state index is 13.3. The number of rotatable bonds is 4. The Morgan fingerprint density at radius 2 is 2.27 bits per heavy atom. The first-order chi connectivity index (χ1) is 12.7. The number of methoxy groups -OCH3 is 1. The van der Waals surface area contributed by atoms with E-state index in [0.717, 1.165) is 57.4 Å². The third-order valence-corrected chi connectivity index (χ3v) is 6.36. The molecule has 0 saturated carbocycles. The van der Waals surface area contributed by atoms with Crippen molar-refractivity contribution in [1.82, 2.24) is 20.7 Å². The van der Waals surface area contributed by atoms with E-state index in [1.807, 2.05) is 11.0 Å². The zero-order valence-corrected chi connectivity index (χ0v) is 15.9. The summed E-state index contributed by atoms with van der Waals surface area (Å²) in [6.45, 7) is 4.91. The molecule has 26 heavy (non-hydrogen) atoms. The van der Waals surface area contributed by atoms with Crippen LogP contribution in [0, 0.1) is 11.8 Å². The summed E-state index contributed by atoms with van der Waals surface area (Å²) in [4.78, 5) is 19.9. The zero-order chi connectivity index (χ0) is 18.1. The van der Waals surface area contributed by atoms with Crippen LogP contribution in [0.3, 0.4) is 0 Å². The number of nitrogens with one attached hydrogen (secondary N) is 2. The quantitative estimate of drug-likeness (QED) is 0.861. The average molecular weight is 358 g/mol. The van der Waals surface area contributed by atoms with Gasteiger partial charge in [0.25, 0.3) is 5.91 Å². The first kappa shape index (κ1) is 17.7. The van der Waals surface area contributed by atoms with Crippen LogP contribution in [-0.2, 0) is 12.8 Å². The summed E-state index contributed by atoms with van der Waals surface area (Å²) in [6, 6.07) is 2.49. The number of aromatic nitrogens is 1. The van der Waals surface area contributed by atoms with Crippen molar-refractivity contribution in [3.8, 4) is 5.88 Å². The van der Waals surface area contributed by atoms with Gasteiger partial charge in [0.15, 0.2) is 0 Å². The summed E-state index contributed by atoms with van der Waals surface area (Å²) in [5, 5.41) is 0. The Labute approximate surface area is 155 Å². The molecule has 6 nitrogen and oxygen atoms in total. The second-order valence-electron chi connectivity index (χ2n) is 7.88. The summed E-state index contributed by atoms with van der Waals surface area (Å²) in [5.74, 6) is 1.71. The molecule has 4 rings (SSSR count). The Hall–Kier alpha value is -1.66. The lowest BCUT2D eigenvalue weighted by atomic mass is 9.83. The molecule has 1 amide bonds.